The van der Waals surface area contributed by atoms with E-state index in [1.807, 2.05) is 13.8 Å². The van der Waals surface area contributed by atoms with E-state index in [9.17, 15) is 9.59 Å². The number of benzene rings is 1. The highest BCUT2D eigenvalue weighted by molar-refractivity contribution is 6.31. The van der Waals surface area contributed by atoms with Gasteiger partial charge in [-0.2, -0.15) is 0 Å². The number of carbonyl (C=O) groups excluding carboxylic acids is 1. The zero-order valence-electron chi connectivity index (χ0n) is 11.1. The van der Waals surface area contributed by atoms with E-state index in [0.29, 0.717) is 17.1 Å². The van der Waals surface area contributed by atoms with Gasteiger partial charge in [0.2, 0.25) is 0 Å². The lowest BCUT2D eigenvalue weighted by molar-refractivity contribution is -0.137. The van der Waals surface area contributed by atoms with Crippen LogP contribution in [0.2, 0.25) is 5.02 Å². The second-order valence-corrected chi connectivity index (χ2v) is 4.84. The Labute approximate surface area is 117 Å². The number of halogens is 1. The number of Topliss-reactive ketones (excluding diaryl/α,β-unsaturated/α-hetero) is 1. The number of ketones is 1. The largest absolute Gasteiger partial charge is 0.481 e. The molecule has 0 spiro atoms. The number of hydrogen-bond donors (Lipinski definition) is 2. The van der Waals surface area contributed by atoms with Crippen molar-refractivity contribution in [2.24, 2.45) is 0 Å². The summed E-state index contributed by atoms with van der Waals surface area (Å²) in [6.45, 7) is 4.38. The average molecular weight is 284 g/mol. The second-order valence-electron chi connectivity index (χ2n) is 4.43. The molecule has 1 aromatic rings. The van der Waals surface area contributed by atoms with Gasteiger partial charge in [-0.3, -0.25) is 9.59 Å². The number of carboxylic acid groups (broad SMARTS) is 1. The van der Waals surface area contributed by atoms with Crippen LogP contribution in [0.5, 0.6) is 0 Å². The highest BCUT2D eigenvalue weighted by Gasteiger charge is 2.22. The minimum Gasteiger partial charge on any atom is -0.481 e. The van der Waals surface area contributed by atoms with E-state index >= 15 is 0 Å². The van der Waals surface area contributed by atoms with Crippen LogP contribution < -0.4 is 5.32 Å². The van der Waals surface area contributed by atoms with Crippen molar-refractivity contribution in [3.05, 3.63) is 34.3 Å². The molecule has 1 unspecified atom stereocenters. The summed E-state index contributed by atoms with van der Waals surface area (Å²) in [6, 6.07) is 4.27. The Morgan fingerprint density at radius 2 is 2.11 bits per heavy atom. The molecule has 0 amide bonds. The summed E-state index contributed by atoms with van der Waals surface area (Å²) >= 11 is 5.91. The van der Waals surface area contributed by atoms with Gasteiger partial charge >= 0.3 is 5.97 Å². The summed E-state index contributed by atoms with van der Waals surface area (Å²) in [5, 5.41) is 12.4. The number of aryl methyl sites for hydroxylation is 1. The fraction of sp³-hybridized carbons (Fsp3) is 0.429. The second kappa shape index (κ2) is 7.26. The van der Waals surface area contributed by atoms with Gasteiger partial charge in [0, 0.05) is 10.6 Å². The molecule has 0 fully saturated rings. The van der Waals surface area contributed by atoms with Gasteiger partial charge < -0.3 is 10.4 Å². The topological polar surface area (TPSA) is 66.4 Å². The van der Waals surface area contributed by atoms with Crippen LogP contribution >= 0.6 is 11.6 Å². The first kappa shape index (κ1) is 15.7. The summed E-state index contributed by atoms with van der Waals surface area (Å²) < 4.78 is 0. The molecule has 2 N–H and O–H groups in total. The molecule has 1 rings (SSSR count). The van der Waals surface area contributed by atoms with Gasteiger partial charge in [0.25, 0.3) is 0 Å². The third-order valence-electron chi connectivity index (χ3n) is 2.78. The number of carboxylic acids is 1. The van der Waals surface area contributed by atoms with Crippen molar-refractivity contribution in [2.45, 2.75) is 32.7 Å². The van der Waals surface area contributed by atoms with Crippen molar-refractivity contribution in [1.29, 1.82) is 0 Å². The van der Waals surface area contributed by atoms with Crippen molar-refractivity contribution in [3.8, 4) is 0 Å². The van der Waals surface area contributed by atoms with Gasteiger partial charge in [-0.15, -0.1) is 0 Å². The van der Waals surface area contributed by atoms with Gasteiger partial charge in [-0.1, -0.05) is 18.5 Å². The van der Waals surface area contributed by atoms with Crippen molar-refractivity contribution < 1.29 is 14.7 Å². The van der Waals surface area contributed by atoms with Crippen LogP contribution in [0.4, 0.5) is 0 Å². The predicted octanol–water partition coefficient (Wildman–Crippen LogP) is 2.67. The molecule has 0 aliphatic rings. The molecule has 0 radical (unpaired) electrons. The number of nitrogens with one attached hydrogen (secondary N) is 1. The Kier molecular flexibility index (Phi) is 5.99. The fourth-order valence-corrected chi connectivity index (χ4v) is 1.87. The number of hydrogen-bond acceptors (Lipinski definition) is 3. The molecule has 0 saturated heterocycles. The maximum Gasteiger partial charge on any atom is 0.305 e. The molecule has 1 atom stereocenters. The Bertz CT molecular complexity index is 474. The maximum atomic E-state index is 12.3. The molecule has 5 heteroatoms. The summed E-state index contributed by atoms with van der Waals surface area (Å²) in [6.07, 6.45) is 0.615. The highest BCUT2D eigenvalue weighted by atomic mass is 35.5. The van der Waals surface area contributed by atoms with Crippen molar-refractivity contribution in [2.75, 3.05) is 6.54 Å². The quantitative estimate of drug-likeness (QED) is 0.755. The fourth-order valence-electron chi connectivity index (χ4n) is 1.75. The van der Waals surface area contributed by atoms with E-state index in [-0.39, 0.29) is 12.2 Å². The predicted molar refractivity (Wildman–Crippen MR) is 74.9 cm³/mol. The zero-order chi connectivity index (χ0) is 14.4. The molecule has 0 saturated carbocycles. The van der Waals surface area contributed by atoms with E-state index < -0.39 is 12.0 Å². The molecule has 19 heavy (non-hydrogen) atoms. The van der Waals surface area contributed by atoms with Gasteiger partial charge in [0.1, 0.15) is 0 Å². The lowest BCUT2D eigenvalue weighted by Gasteiger charge is -2.15. The zero-order valence-corrected chi connectivity index (χ0v) is 11.8. The Morgan fingerprint density at radius 3 is 2.63 bits per heavy atom. The summed E-state index contributed by atoms with van der Waals surface area (Å²) in [4.78, 5) is 23.1. The molecular formula is C14H18ClNO3. The standard InChI is InChI=1S/C14H18ClNO3/c1-3-6-16-12(8-13(17)18)14(19)10-4-5-11(15)9(2)7-10/h4-5,7,12,16H,3,6,8H2,1-2H3,(H,17,18). The van der Waals surface area contributed by atoms with Crippen molar-refractivity contribution in [3.63, 3.8) is 0 Å². The molecule has 4 nitrogen and oxygen atoms in total. The maximum absolute atomic E-state index is 12.3. The Balaban J connectivity index is 2.90. The van der Waals surface area contributed by atoms with Crippen LogP contribution in [0.3, 0.4) is 0 Å². The van der Waals surface area contributed by atoms with Crippen molar-refractivity contribution in [1.82, 2.24) is 5.32 Å². The monoisotopic (exact) mass is 283 g/mol. The van der Waals surface area contributed by atoms with Crippen LogP contribution in [0.25, 0.3) is 0 Å². The number of rotatable bonds is 7. The lowest BCUT2D eigenvalue weighted by Crippen LogP contribution is -2.39. The van der Waals surface area contributed by atoms with Gasteiger partial charge in [-0.05, 0) is 43.7 Å². The van der Waals surface area contributed by atoms with E-state index in [1.165, 1.54) is 0 Å². The van der Waals surface area contributed by atoms with Gasteiger partial charge in [0.15, 0.2) is 5.78 Å². The van der Waals surface area contributed by atoms with E-state index in [4.69, 9.17) is 16.7 Å². The van der Waals surface area contributed by atoms with Crippen LogP contribution in [0.15, 0.2) is 18.2 Å². The first-order valence-electron chi connectivity index (χ1n) is 6.21. The van der Waals surface area contributed by atoms with Crippen molar-refractivity contribution >= 4 is 23.4 Å². The molecule has 0 aliphatic heterocycles. The molecular weight excluding hydrogens is 266 g/mol. The average Bonchev–Trinajstić information content (AvgIpc) is 2.36. The van der Waals surface area contributed by atoms with E-state index in [2.05, 4.69) is 5.32 Å². The molecule has 1 aromatic carbocycles. The molecule has 0 bridgehead atoms. The molecule has 0 aliphatic carbocycles. The van der Waals surface area contributed by atoms with Gasteiger partial charge in [0.05, 0.1) is 12.5 Å². The molecule has 0 heterocycles. The first-order chi connectivity index (χ1) is 8.95. The van der Waals surface area contributed by atoms with Crippen LogP contribution in [0.1, 0.15) is 35.7 Å². The SMILES string of the molecule is CCCNC(CC(=O)O)C(=O)c1ccc(Cl)c(C)c1. The van der Waals surface area contributed by atoms with E-state index in [1.54, 1.807) is 18.2 Å². The van der Waals surface area contributed by atoms with Crippen LogP contribution in [-0.4, -0.2) is 29.4 Å². The molecule has 0 aromatic heterocycles. The number of carbonyl (C=O) groups is 2. The lowest BCUT2D eigenvalue weighted by atomic mass is 10.00. The summed E-state index contributed by atoms with van der Waals surface area (Å²) in [5.74, 6) is -1.21. The smallest absolute Gasteiger partial charge is 0.305 e. The minimum atomic E-state index is -0.993. The van der Waals surface area contributed by atoms with Crippen LogP contribution in [0, 0.1) is 6.92 Å². The summed E-state index contributed by atoms with van der Waals surface area (Å²) in [5.41, 5.74) is 1.29. The van der Waals surface area contributed by atoms with Gasteiger partial charge in [-0.25, -0.2) is 0 Å². The minimum absolute atomic E-state index is 0.212. The highest BCUT2D eigenvalue weighted by Crippen LogP contribution is 2.18. The number of aliphatic carboxylic acids is 1. The molecule has 104 valence electrons. The summed E-state index contributed by atoms with van der Waals surface area (Å²) in [7, 11) is 0. The Morgan fingerprint density at radius 1 is 1.42 bits per heavy atom. The Hall–Kier alpha value is -1.39. The third-order valence-corrected chi connectivity index (χ3v) is 3.20. The normalized spacial score (nSPS) is 12.2. The first-order valence-corrected chi connectivity index (χ1v) is 6.59. The third kappa shape index (κ3) is 4.65. The van der Waals surface area contributed by atoms with E-state index in [0.717, 1.165) is 12.0 Å². The van der Waals surface area contributed by atoms with Crippen LogP contribution in [-0.2, 0) is 4.79 Å².